The number of hydrogen-bond donors (Lipinski definition) is 1. The van der Waals surface area contributed by atoms with Gasteiger partial charge in [-0.05, 0) is 43.9 Å². The predicted octanol–water partition coefficient (Wildman–Crippen LogP) is 2.93. The van der Waals surface area contributed by atoms with Gasteiger partial charge in [0.25, 0.3) is 0 Å². The summed E-state index contributed by atoms with van der Waals surface area (Å²) in [5, 5.41) is 0. The molecule has 0 saturated heterocycles. The Morgan fingerprint density at radius 2 is 2.06 bits per heavy atom. The molecule has 0 amide bonds. The first-order chi connectivity index (χ1) is 7.67. The molecular weight excluding hydrogens is 198 g/mol. The normalized spacial score (nSPS) is 12.5. The number of hydrogen-bond acceptors (Lipinski definition) is 2. The van der Waals surface area contributed by atoms with Crippen molar-refractivity contribution in [2.24, 2.45) is 5.73 Å². The average Bonchev–Trinajstić information content (AvgIpc) is 2.21. The van der Waals surface area contributed by atoms with Gasteiger partial charge in [0.1, 0.15) is 5.75 Å². The topological polar surface area (TPSA) is 35.2 Å². The van der Waals surface area contributed by atoms with Crippen LogP contribution in [-0.4, -0.2) is 12.6 Å². The van der Waals surface area contributed by atoms with E-state index in [9.17, 15) is 0 Å². The summed E-state index contributed by atoms with van der Waals surface area (Å²) in [5.41, 5.74) is 8.43. The molecule has 0 spiro atoms. The van der Waals surface area contributed by atoms with Gasteiger partial charge in [0, 0.05) is 6.04 Å². The number of benzene rings is 1. The van der Waals surface area contributed by atoms with Crippen molar-refractivity contribution in [1.29, 1.82) is 0 Å². The highest BCUT2D eigenvalue weighted by atomic mass is 16.5. The number of ether oxygens (including phenoxy) is 1. The highest BCUT2D eigenvalue weighted by molar-refractivity contribution is 5.37. The van der Waals surface area contributed by atoms with Gasteiger partial charge >= 0.3 is 0 Å². The molecule has 1 aromatic carbocycles. The maximum atomic E-state index is 5.81. The number of aryl methyl sites for hydroxylation is 1. The van der Waals surface area contributed by atoms with E-state index in [0.29, 0.717) is 0 Å². The first-order valence-electron chi connectivity index (χ1n) is 6.17. The molecule has 0 saturated carbocycles. The van der Waals surface area contributed by atoms with Crippen LogP contribution < -0.4 is 10.5 Å². The summed E-state index contributed by atoms with van der Waals surface area (Å²) < 4.78 is 5.62. The summed E-state index contributed by atoms with van der Waals surface area (Å²) in [4.78, 5) is 0. The van der Waals surface area contributed by atoms with E-state index in [4.69, 9.17) is 10.5 Å². The minimum Gasteiger partial charge on any atom is -0.494 e. The van der Waals surface area contributed by atoms with Gasteiger partial charge in [-0.15, -0.1) is 0 Å². The summed E-state index contributed by atoms with van der Waals surface area (Å²) >= 11 is 0. The lowest BCUT2D eigenvalue weighted by Crippen LogP contribution is -2.17. The zero-order valence-corrected chi connectivity index (χ0v) is 10.6. The van der Waals surface area contributed by atoms with E-state index in [1.807, 2.05) is 13.8 Å². The van der Waals surface area contributed by atoms with Crippen LogP contribution in [0, 0.1) is 0 Å². The van der Waals surface area contributed by atoms with Crippen molar-refractivity contribution < 1.29 is 4.74 Å². The molecule has 0 heterocycles. The Morgan fingerprint density at radius 1 is 1.31 bits per heavy atom. The summed E-state index contributed by atoms with van der Waals surface area (Å²) in [6.07, 6.45) is 3.15. The quantitative estimate of drug-likeness (QED) is 0.801. The van der Waals surface area contributed by atoms with Crippen molar-refractivity contribution in [3.63, 3.8) is 0 Å². The second-order valence-corrected chi connectivity index (χ2v) is 4.31. The molecular formula is C14H23NO. The standard InChI is InChI=1S/C14H23NO/c1-4-6-13-10-12(9-11(3)15)7-8-14(13)16-5-2/h7-8,10-11H,4-6,9,15H2,1-3H3. The van der Waals surface area contributed by atoms with Crippen LogP contribution in [0.15, 0.2) is 18.2 Å². The smallest absolute Gasteiger partial charge is 0.122 e. The van der Waals surface area contributed by atoms with Crippen molar-refractivity contribution in [3.8, 4) is 5.75 Å². The molecule has 90 valence electrons. The van der Waals surface area contributed by atoms with E-state index in [-0.39, 0.29) is 6.04 Å². The van der Waals surface area contributed by atoms with Crippen LogP contribution in [0.25, 0.3) is 0 Å². The Balaban J connectivity index is 2.87. The number of nitrogens with two attached hydrogens (primary N) is 1. The zero-order valence-electron chi connectivity index (χ0n) is 10.6. The molecule has 1 aromatic rings. The largest absolute Gasteiger partial charge is 0.494 e. The van der Waals surface area contributed by atoms with Crippen LogP contribution in [0.3, 0.4) is 0 Å². The van der Waals surface area contributed by atoms with E-state index >= 15 is 0 Å². The van der Waals surface area contributed by atoms with Crippen LogP contribution in [0.1, 0.15) is 38.3 Å². The summed E-state index contributed by atoms with van der Waals surface area (Å²) in [5.74, 6) is 1.03. The second kappa shape index (κ2) is 6.54. The molecule has 2 heteroatoms. The van der Waals surface area contributed by atoms with Gasteiger partial charge in [-0.2, -0.15) is 0 Å². The lowest BCUT2D eigenvalue weighted by atomic mass is 10.0. The van der Waals surface area contributed by atoms with Crippen LogP contribution in [0.2, 0.25) is 0 Å². The first-order valence-corrected chi connectivity index (χ1v) is 6.17. The average molecular weight is 221 g/mol. The minimum absolute atomic E-state index is 0.215. The molecule has 2 N–H and O–H groups in total. The molecule has 0 fully saturated rings. The Bertz CT molecular complexity index is 321. The summed E-state index contributed by atoms with van der Waals surface area (Å²) in [7, 11) is 0. The SMILES string of the molecule is CCCc1cc(CC(C)N)ccc1OCC. The van der Waals surface area contributed by atoms with Crippen molar-refractivity contribution in [2.75, 3.05) is 6.61 Å². The third-order valence-corrected chi connectivity index (χ3v) is 2.50. The third-order valence-electron chi connectivity index (χ3n) is 2.50. The molecule has 2 nitrogen and oxygen atoms in total. The van der Waals surface area contributed by atoms with Gasteiger partial charge in [0.05, 0.1) is 6.61 Å². The molecule has 16 heavy (non-hydrogen) atoms. The Labute approximate surface area is 98.8 Å². The third kappa shape index (κ3) is 3.86. The maximum absolute atomic E-state index is 5.81. The first kappa shape index (κ1) is 13.0. The minimum atomic E-state index is 0.215. The Hall–Kier alpha value is -1.02. The fourth-order valence-corrected chi connectivity index (χ4v) is 1.89. The monoisotopic (exact) mass is 221 g/mol. The van der Waals surface area contributed by atoms with Crippen molar-refractivity contribution in [2.45, 2.75) is 46.1 Å². The van der Waals surface area contributed by atoms with Gasteiger partial charge in [-0.1, -0.05) is 25.5 Å². The summed E-state index contributed by atoms with van der Waals surface area (Å²) in [6, 6.07) is 6.64. The molecule has 0 aliphatic rings. The molecule has 0 aliphatic carbocycles. The Morgan fingerprint density at radius 3 is 2.62 bits per heavy atom. The van der Waals surface area contributed by atoms with Gasteiger partial charge < -0.3 is 10.5 Å². The van der Waals surface area contributed by atoms with Gasteiger partial charge in [-0.3, -0.25) is 0 Å². The van der Waals surface area contributed by atoms with Crippen LogP contribution in [0.5, 0.6) is 5.75 Å². The lowest BCUT2D eigenvalue weighted by Gasteiger charge is -2.12. The zero-order chi connectivity index (χ0) is 12.0. The van der Waals surface area contributed by atoms with Gasteiger partial charge in [-0.25, -0.2) is 0 Å². The molecule has 1 atom stereocenters. The molecule has 0 bridgehead atoms. The van der Waals surface area contributed by atoms with Crippen LogP contribution >= 0.6 is 0 Å². The molecule has 0 radical (unpaired) electrons. The van der Waals surface area contributed by atoms with E-state index < -0.39 is 0 Å². The Kier molecular flexibility index (Phi) is 5.33. The van der Waals surface area contributed by atoms with Gasteiger partial charge in [0.15, 0.2) is 0 Å². The van der Waals surface area contributed by atoms with E-state index in [0.717, 1.165) is 31.6 Å². The van der Waals surface area contributed by atoms with Crippen LogP contribution in [-0.2, 0) is 12.8 Å². The molecule has 1 rings (SSSR count). The van der Waals surface area contributed by atoms with E-state index in [1.165, 1.54) is 11.1 Å². The molecule has 1 unspecified atom stereocenters. The van der Waals surface area contributed by atoms with Crippen LogP contribution in [0.4, 0.5) is 0 Å². The number of rotatable bonds is 6. The molecule has 0 aliphatic heterocycles. The highest BCUT2D eigenvalue weighted by Crippen LogP contribution is 2.22. The van der Waals surface area contributed by atoms with Crippen molar-refractivity contribution in [1.82, 2.24) is 0 Å². The fourth-order valence-electron chi connectivity index (χ4n) is 1.89. The van der Waals surface area contributed by atoms with Gasteiger partial charge in [0.2, 0.25) is 0 Å². The highest BCUT2D eigenvalue weighted by Gasteiger charge is 2.05. The summed E-state index contributed by atoms with van der Waals surface area (Å²) in [6.45, 7) is 6.97. The second-order valence-electron chi connectivity index (χ2n) is 4.31. The molecule has 0 aromatic heterocycles. The van der Waals surface area contributed by atoms with Crippen molar-refractivity contribution >= 4 is 0 Å². The maximum Gasteiger partial charge on any atom is 0.122 e. The van der Waals surface area contributed by atoms with E-state index in [1.54, 1.807) is 0 Å². The fraction of sp³-hybridized carbons (Fsp3) is 0.571. The lowest BCUT2D eigenvalue weighted by molar-refractivity contribution is 0.336. The van der Waals surface area contributed by atoms with E-state index in [2.05, 4.69) is 25.1 Å². The van der Waals surface area contributed by atoms with Crippen molar-refractivity contribution in [3.05, 3.63) is 29.3 Å². The predicted molar refractivity (Wildman–Crippen MR) is 69.0 cm³/mol.